The minimum Gasteiger partial charge on any atom is -0.267 e. The van der Waals surface area contributed by atoms with Gasteiger partial charge in [0.15, 0.2) is 0 Å². The molecule has 0 radical (unpaired) electrons. The lowest BCUT2D eigenvalue weighted by Gasteiger charge is -2.26. The Labute approximate surface area is 79.6 Å². The third-order valence-corrected chi connectivity index (χ3v) is 3.77. The Morgan fingerprint density at radius 2 is 1.62 bits per heavy atom. The van der Waals surface area contributed by atoms with Gasteiger partial charge >= 0.3 is 0 Å². The Hall–Kier alpha value is -0.0900. The largest absolute Gasteiger partial charge is 0.267 e. The van der Waals surface area contributed by atoms with Crippen molar-refractivity contribution in [1.82, 2.24) is 0 Å². The van der Waals surface area contributed by atoms with Gasteiger partial charge in [-0.3, -0.25) is 4.18 Å². The molecule has 3 atom stereocenters. The van der Waals surface area contributed by atoms with Crippen molar-refractivity contribution in [2.24, 2.45) is 11.8 Å². The molecular formula is C9H16O3S. The molecule has 0 amide bonds. The third kappa shape index (κ3) is 2.44. The van der Waals surface area contributed by atoms with Gasteiger partial charge in [-0.25, -0.2) is 0 Å². The minimum atomic E-state index is -3.24. The van der Waals surface area contributed by atoms with Crippen LogP contribution < -0.4 is 0 Å². The molecule has 0 heterocycles. The molecular weight excluding hydrogens is 188 g/mol. The van der Waals surface area contributed by atoms with Crippen LogP contribution in [0.25, 0.3) is 0 Å². The molecule has 4 heteroatoms. The average Bonchev–Trinajstić information content (AvgIpc) is 2.27. The fourth-order valence-electron chi connectivity index (χ4n) is 2.77. The molecule has 2 fully saturated rings. The van der Waals surface area contributed by atoms with E-state index in [1.165, 1.54) is 19.3 Å². The molecule has 2 bridgehead atoms. The Morgan fingerprint density at radius 1 is 1.08 bits per heavy atom. The number of hydrogen-bond acceptors (Lipinski definition) is 3. The van der Waals surface area contributed by atoms with E-state index in [0.29, 0.717) is 0 Å². The van der Waals surface area contributed by atoms with Crippen molar-refractivity contribution in [3.05, 3.63) is 0 Å². The Kier molecular flexibility index (Phi) is 2.36. The van der Waals surface area contributed by atoms with Crippen molar-refractivity contribution >= 4 is 10.1 Å². The van der Waals surface area contributed by atoms with Gasteiger partial charge in [0.25, 0.3) is 10.1 Å². The van der Waals surface area contributed by atoms with E-state index in [2.05, 4.69) is 0 Å². The monoisotopic (exact) mass is 204 g/mol. The molecule has 2 rings (SSSR count). The van der Waals surface area contributed by atoms with Crippen LogP contribution in [0.2, 0.25) is 0 Å². The van der Waals surface area contributed by atoms with Crippen LogP contribution in [0.4, 0.5) is 0 Å². The van der Waals surface area contributed by atoms with E-state index < -0.39 is 10.1 Å². The standard InChI is InChI=1S/C9H16O3S/c1-13(10,11)12-9-5-7-2-3-8(4-7)6-9/h7-9H,2-6H2,1H3/t7-,8+,9?. The van der Waals surface area contributed by atoms with Gasteiger partial charge < -0.3 is 0 Å². The quantitative estimate of drug-likeness (QED) is 0.641. The third-order valence-electron chi connectivity index (χ3n) is 3.15. The topological polar surface area (TPSA) is 43.4 Å². The first-order chi connectivity index (χ1) is 6.03. The molecule has 1 unspecified atom stereocenters. The first kappa shape index (κ1) is 9.46. The van der Waals surface area contributed by atoms with Crippen LogP contribution in [-0.4, -0.2) is 20.8 Å². The van der Waals surface area contributed by atoms with E-state index >= 15 is 0 Å². The molecule has 2 aliphatic carbocycles. The predicted molar refractivity (Wildman–Crippen MR) is 49.8 cm³/mol. The van der Waals surface area contributed by atoms with E-state index in [1.807, 2.05) is 0 Å². The summed E-state index contributed by atoms with van der Waals surface area (Å²) in [4.78, 5) is 0. The van der Waals surface area contributed by atoms with Gasteiger partial charge in [-0.2, -0.15) is 8.42 Å². The molecule has 0 aromatic rings. The highest BCUT2D eigenvalue weighted by atomic mass is 32.2. The van der Waals surface area contributed by atoms with Gasteiger partial charge in [-0.05, 0) is 31.1 Å². The zero-order valence-electron chi connectivity index (χ0n) is 7.90. The lowest BCUT2D eigenvalue weighted by Crippen LogP contribution is -2.25. The van der Waals surface area contributed by atoms with Crippen LogP contribution in [-0.2, 0) is 14.3 Å². The smallest absolute Gasteiger partial charge is 0.264 e. The molecule has 0 saturated heterocycles. The number of fused-ring (bicyclic) bond motifs is 2. The summed E-state index contributed by atoms with van der Waals surface area (Å²) < 4.78 is 26.9. The minimum absolute atomic E-state index is 0.0266. The predicted octanol–water partition coefficient (Wildman–Crippen LogP) is 1.54. The van der Waals surface area contributed by atoms with E-state index in [0.717, 1.165) is 30.9 Å². The zero-order valence-corrected chi connectivity index (χ0v) is 8.72. The second-order valence-corrected chi connectivity index (χ2v) is 6.04. The lowest BCUT2D eigenvalue weighted by molar-refractivity contribution is 0.126. The summed E-state index contributed by atoms with van der Waals surface area (Å²) in [5.41, 5.74) is 0. The van der Waals surface area contributed by atoms with Crippen molar-refractivity contribution in [2.45, 2.75) is 38.2 Å². The number of hydrogen-bond donors (Lipinski definition) is 0. The van der Waals surface area contributed by atoms with Crippen molar-refractivity contribution in [3.63, 3.8) is 0 Å². The fourth-order valence-corrected chi connectivity index (χ4v) is 3.42. The van der Waals surface area contributed by atoms with Crippen LogP contribution in [0.3, 0.4) is 0 Å². The SMILES string of the molecule is CS(=O)(=O)OC1C[C@H]2CC[C@@H](C1)C2. The molecule has 2 saturated carbocycles. The maximum Gasteiger partial charge on any atom is 0.264 e. The molecule has 2 aliphatic rings. The number of rotatable bonds is 2. The first-order valence-electron chi connectivity index (χ1n) is 4.91. The summed E-state index contributed by atoms with van der Waals surface area (Å²) in [5, 5.41) is 0. The van der Waals surface area contributed by atoms with E-state index in [9.17, 15) is 8.42 Å². The van der Waals surface area contributed by atoms with Gasteiger partial charge in [-0.15, -0.1) is 0 Å². The van der Waals surface area contributed by atoms with Crippen LogP contribution >= 0.6 is 0 Å². The normalized spacial score (nSPS) is 39.3. The highest BCUT2D eigenvalue weighted by Crippen LogP contribution is 2.43. The van der Waals surface area contributed by atoms with E-state index in [4.69, 9.17) is 4.18 Å². The molecule has 0 aromatic carbocycles. The van der Waals surface area contributed by atoms with Crippen LogP contribution in [0.15, 0.2) is 0 Å². The lowest BCUT2D eigenvalue weighted by atomic mass is 9.87. The van der Waals surface area contributed by atoms with Gasteiger partial charge in [0.1, 0.15) is 0 Å². The van der Waals surface area contributed by atoms with Crippen molar-refractivity contribution < 1.29 is 12.6 Å². The molecule has 76 valence electrons. The summed E-state index contributed by atoms with van der Waals surface area (Å²) in [6.07, 6.45) is 6.85. The Balaban J connectivity index is 1.96. The summed E-state index contributed by atoms with van der Waals surface area (Å²) >= 11 is 0. The molecule has 0 N–H and O–H groups in total. The summed E-state index contributed by atoms with van der Waals surface area (Å²) in [6, 6.07) is 0. The Morgan fingerprint density at radius 3 is 2.08 bits per heavy atom. The summed E-state index contributed by atoms with van der Waals surface area (Å²) in [7, 11) is -3.24. The van der Waals surface area contributed by atoms with Crippen molar-refractivity contribution in [2.75, 3.05) is 6.26 Å². The second-order valence-electron chi connectivity index (χ2n) is 4.44. The Bertz CT molecular complexity index is 271. The molecule has 0 spiro atoms. The maximum atomic E-state index is 10.9. The summed E-state index contributed by atoms with van der Waals surface area (Å²) in [6.45, 7) is 0. The van der Waals surface area contributed by atoms with Crippen LogP contribution in [0.5, 0.6) is 0 Å². The van der Waals surface area contributed by atoms with Crippen LogP contribution in [0.1, 0.15) is 32.1 Å². The van der Waals surface area contributed by atoms with Gasteiger partial charge in [0.2, 0.25) is 0 Å². The fraction of sp³-hybridized carbons (Fsp3) is 1.00. The van der Waals surface area contributed by atoms with E-state index in [1.54, 1.807) is 0 Å². The maximum absolute atomic E-state index is 10.9. The zero-order chi connectivity index (χ0) is 9.47. The average molecular weight is 204 g/mol. The summed E-state index contributed by atoms with van der Waals surface area (Å²) in [5.74, 6) is 1.45. The van der Waals surface area contributed by atoms with Crippen LogP contribution in [0, 0.1) is 11.8 Å². The van der Waals surface area contributed by atoms with Gasteiger partial charge in [-0.1, -0.05) is 12.8 Å². The van der Waals surface area contributed by atoms with Crippen molar-refractivity contribution in [1.29, 1.82) is 0 Å². The molecule has 3 nitrogen and oxygen atoms in total. The second kappa shape index (κ2) is 3.24. The van der Waals surface area contributed by atoms with Crippen molar-refractivity contribution in [3.8, 4) is 0 Å². The van der Waals surface area contributed by atoms with Gasteiger partial charge in [0, 0.05) is 0 Å². The molecule has 0 aromatic heterocycles. The molecule has 13 heavy (non-hydrogen) atoms. The van der Waals surface area contributed by atoms with E-state index in [-0.39, 0.29) is 6.10 Å². The highest BCUT2D eigenvalue weighted by Gasteiger charge is 2.35. The first-order valence-corrected chi connectivity index (χ1v) is 6.73. The molecule has 0 aliphatic heterocycles. The van der Waals surface area contributed by atoms with Gasteiger partial charge in [0.05, 0.1) is 12.4 Å². The highest BCUT2D eigenvalue weighted by molar-refractivity contribution is 7.86.